The highest BCUT2D eigenvalue weighted by Crippen LogP contribution is 2.39. The van der Waals surface area contributed by atoms with Crippen molar-refractivity contribution in [3.8, 4) is 6.07 Å². The highest BCUT2D eigenvalue weighted by atomic mass is 19.4. The fraction of sp³-hybridized carbons (Fsp3) is 0.250. The van der Waals surface area contributed by atoms with E-state index in [1.807, 2.05) is 0 Å². The van der Waals surface area contributed by atoms with Crippen LogP contribution in [0.3, 0.4) is 0 Å². The van der Waals surface area contributed by atoms with Gasteiger partial charge < -0.3 is 9.32 Å². The van der Waals surface area contributed by atoms with Crippen molar-refractivity contribution < 1.29 is 30.8 Å². The van der Waals surface area contributed by atoms with Gasteiger partial charge in [-0.1, -0.05) is 6.07 Å². The molecule has 1 heterocycles. The Kier molecular flexibility index (Phi) is 5.17. The summed E-state index contributed by atoms with van der Waals surface area (Å²) in [5.74, 6) is -0.153. The minimum Gasteiger partial charge on any atom is -0.449 e. The van der Waals surface area contributed by atoms with Crippen molar-refractivity contribution in [3.05, 3.63) is 58.8 Å². The third-order valence-electron chi connectivity index (χ3n) is 3.26. The predicted octanol–water partition coefficient (Wildman–Crippen LogP) is 5.29. The molecule has 0 N–H and O–H groups in total. The van der Waals surface area contributed by atoms with Crippen molar-refractivity contribution in [1.29, 1.82) is 5.26 Å². The van der Waals surface area contributed by atoms with Crippen molar-refractivity contribution in [2.75, 3.05) is 11.4 Å². The molecule has 1 aromatic carbocycles. The number of alkyl halides is 6. The lowest BCUT2D eigenvalue weighted by Gasteiger charge is -2.26. The number of benzene rings is 1. The first kappa shape index (κ1) is 19.2. The second-order valence-electron chi connectivity index (χ2n) is 5.16. The second kappa shape index (κ2) is 7.00. The van der Waals surface area contributed by atoms with Gasteiger partial charge in [0.25, 0.3) is 0 Å². The van der Waals surface area contributed by atoms with Crippen LogP contribution in [0.2, 0.25) is 0 Å². The minimum absolute atomic E-state index is 0.0198. The van der Waals surface area contributed by atoms with Crippen LogP contribution < -0.4 is 4.90 Å². The molecule has 26 heavy (non-hydrogen) atoms. The molecule has 0 saturated carbocycles. The van der Waals surface area contributed by atoms with Gasteiger partial charge in [0.1, 0.15) is 18.4 Å². The van der Waals surface area contributed by atoms with Crippen LogP contribution >= 0.6 is 0 Å². The number of nitriles is 1. The number of hydrogen-bond donors (Lipinski definition) is 0. The summed E-state index contributed by atoms with van der Waals surface area (Å²) >= 11 is 0. The lowest BCUT2D eigenvalue weighted by atomic mass is 10.1. The maximum absolute atomic E-state index is 13.1. The third-order valence-corrected chi connectivity index (χ3v) is 3.26. The van der Waals surface area contributed by atoms with E-state index in [0.29, 0.717) is 11.0 Å². The summed E-state index contributed by atoms with van der Waals surface area (Å²) in [6.45, 7) is 4.73. The first-order chi connectivity index (χ1) is 12.0. The van der Waals surface area contributed by atoms with Crippen LogP contribution in [0.15, 0.2) is 34.7 Å². The van der Waals surface area contributed by atoms with Gasteiger partial charge in [-0.25, -0.2) is 4.85 Å². The minimum atomic E-state index is -4.89. The zero-order valence-corrected chi connectivity index (χ0v) is 12.8. The van der Waals surface area contributed by atoms with Gasteiger partial charge >= 0.3 is 12.4 Å². The summed E-state index contributed by atoms with van der Waals surface area (Å²) in [4.78, 5) is 3.37. The number of anilines is 1. The molecular weight excluding hydrogens is 364 g/mol. The Balaban J connectivity index is 2.45. The van der Waals surface area contributed by atoms with Gasteiger partial charge in [-0.3, -0.25) is 0 Å². The van der Waals surface area contributed by atoms with E-state index in [0.717, 1.165) is 12.1 Å². The quantitative estimate of drug-likeness (QED) is 0.540. The zero-order chi connectivity index (χ0) is 19.5. The highest BCUT2D eigenvalue weighted by Gasteiger charge is 2.36. The zero-order valence-electron chi connectivity index (χ0n) is 12.8. The molecule has 2 aromatic rings. The number of halogens is 6. The van der Waals surface area contributed by atoms with Gasteiger partial charge in [-0.05, 0) is 24.3 Å². The second-order valence-corrected chi connectivity index (χ2v) is 5.16. The normalized spacial score (nSPS) is 11.7. The summed E-state index contributed by atoms with van der Waals surface area (Å²) in [5.41, 5.74) is -2.41. The topological polar surface area (TPSA) is 44.5 Å². The Hall–Kier alpha value is -3.14. The summed E-state index contributed by atoms with van der Waals surface area (Å²) in [7, 11) is 0. The molecule has 0 aliphatic carbocycles. The average Bonchev–Trinajstić information content (AvgIpc) is 2.99. The van der Waals surface area contributed by atoms with Gasteiger partial charge in [-0.2, -0.15) is 31.6 Å². The van der Waals surface area contributed by atoms with E-state index in [4.69, 9.17) is 16.3 Å². The fourth-order valence-electron chi connectivity index (χ4n) is 2.21. The molecule has 10 heteroatoms. The molecule has 0 fully saturated rings. The maximum atomic E-state index is 13.1. The van der Waals surface area contributed by atoms with Crippen molar-refractivity contribution in [1.82, 2.24) is 0 Å². The Labute approximate surface area is 143 Å². The van der Waals surface area contributed by atoms with Crippen LogP contribution in [-0.2, 0) is 12.7 Å². The summed E-state index contributed by atoms with van der Waals surface area (Å²) in [6, 6.07) is 6.48. The molecule has 0 aliphatic rings. The number of rotatable bonds is 4. The molecule has 1 aromatic heterocycles. The molecule has 4 nitrogen and oxygen atoms in total. The van der Waals surface area contributed by atoms with Crippen LogP contribution in [0, 0.1) is 17.9 Å². The molecule has 0 atom stereocenters. The largest absolute Gasteiger partial charge is 0.449 e. The molecule has 136 valence electrons. The summed E-state index contributed by atoms with van der Waals surface area (Å²) in [6.07, 6.45) is -9.58. The first-order valence-corrected chi connectivity index (χ1v) is 6.92. The van der Waals surface area contributed by atoms with Crippen LogP contribution in [-0.4, -0.2) is 12.7 Å². The van der Waals surface area contributed by atoms with Crippen molar-refractivity contribution in [2.24, 2.45) is 0 Å². The maximum Gasteiger partial charge on any atom is 0.407 e. The van der Waals surface area contributed by atoms with E-state index in [-0.39, 0.29) is 17.2 Å². The average molecular weight is 373 g/mol. The third kappa shape index (κ3) is 4.70. The molecule has 0 aliphatic heterocycles. The predicted molar refractivity (Wildman–Crippen MR) is 78.2 cm³/mol. The molecule has 0 unspecified atom stereocenters. The molecular formula is C16H9F6N3O. The van der Waals surface area contributed by atoms with Crippen molar-refractivity contribution in [3.63, 3.8) is 0 Å². The van der Waals surface area contributed by atoms with Gasteiger partial charge in [0.2, 0.25) is 5.76 Å². The summed E-state index contributed by atoms with van der Waals surface area (Å²) < 4.78 is 82.7. The first-order valence-electron chi connectivity index (χ1n) is 6.92. The van der Waals surface area contributed by atoms with Gasteiger partial charge in [0.05, 0.1) is 18.7 Å². The Morgan fingerprint density at radius 2 is 1.81 bits per heavy atom. The monoisotopic (exact) mass is 373 g/mol. The molecule has 0 bridgehead atoms. The van der Waals surface area contributed by atoms with E-state index >= 15 is 0 Å². The SMILES string of the molecule is [C-]#[N+]c1ccc(N(Cc2ccc(C#N)o2)CC(F)(F)F)cc1C(F)(F)F. The lowest BCUT2D eigenvalue weighted by molar-refractivity contribution is -0.136. The Morgan fingerprint density at radius 1 is 1.12 bits per heavy atom. The molecule has 0 amide bonds. The Morgan fingerprint density at radius 3 is 2.31 bits per heavy atom. The van der Waals surface area contributed by atoms with Crippen molar-refractivity contribution >= 4 is 11.4 Å². The van der Waals surface area contributed by atoms with Gasteiger partial charge in [-0.15, -0.1) is 0 Å². The van der Waals surface area contributed by atoms with E-state index in [1.165, 1.54) is 12.1 Å². The van der Waals surface area contributed by atoms with Crippen LogP contribution in [0.5, 0.6) is 0 Å². The number of nitrogens with zero attached hydrogens (tertiary/aromatic N) is 3. The van der Waals surface area contributed by atoms with Gasteiger partial charge in [0, 0.05) is 5.69 Å². The number of hydrogen-bond acceptors (Lipinski definition) is 3. The van der Waals surface area contributed by atoms with E-state index in [1.54, 1.807) is 6.07 Å². The highest BCUT2D eigenvalue weighted by molar-refractivity contribution is 5.62. The van der Waals surface area contributed by atoms with Crippen LogP contribution in [0.1, 0.15) is 17.1 Å². The van der Waals surface area contributed by atoms with Gasteiger partial charge in [0.15, 0.2) is 5.69 Å². The van der Waals surface area contributed by atoms with E-state index in [2.05, 4.69) is 4.85 Å². The molecule has 0 radical (unpaired) electrons. The van der Waals surface area contributed by atoms with Crippen LogP contribution in [0.25, 0.3) is 4.85 Å². The number of furan rings is 1. The van der Waals surface area contributed by atoms with Crippen LogP contribution in [0.4, 0.5) is 37.7 Å². The molecule has 2 rings (SSSR count). The molecule has 0 spiro atoms. The van der Waals surface area contributed by atoms with Crippen molar-refractivity contribution in [2.45, 2.75) is 18.9 Å². The lowest BCUT2D eigenvalue weighted by Crippen LogP contribution is -2.33. The standard InChI is InChI=1S/C16H9F6N3O/c1-24-14-5-2-10(6-13(14)16(20,21)22)25(9-15(17,18)19)8-12-4-3-11(7-23)26-12/h2-6H,8-9H2. The van der Waals surface area contributed by atoms with E-state index in [9.17, 15) is 26.3 Å². The smallest absolute Gasteiger partial charge is 0.407 e. The van der Waals surface area contributed by atoms with E-state index < -0.39 is 36.7 Å². The Bertz CT molecular complexity index is 870. The fourth-order valence-corrected chi connectivity index (χ4v) is 2.21. The summed E-state index contributed by atoms with van der Waals surface area (Å²) in [5, 5.41) is 8.68. The molecule has 0 saturated heterocycles.